The Morgan fingerprint density at radius 1 is 1.41 bits per heavy atom. The van der Waals surface area contributed by atoms with Crippen LogP contribution in [-0.4, -0.2) is 24.3 Å². The van der Waals surface area contributed by atoms with Gasteiger partial charge in [0.25, 0.3) is 0 Å². The number of anilines is 1. The first kappa shape index (κ1) is 14.2. The number of halogens is 1. The molecule has 0 radical (unpaired) electrons. The maximum atomic E-state index is 11.5. The number of carbonyl (C=O) groups excluding carboxylic acids is 1. The van der Waals surface area contributed by atoms with Gasteiger partial charge in [0.1, 0.15) is 0 Å². The molecular weight excluding hydrogens is 331 g/mol. The van der Waals surface area contributed by atoms with E-state index >= 15 is 0 Å². The highest BCUT2D eigenvalue weighted by atomic mass is 127. The highest BCUT2D eigenvalue weighted by Gasteiger charge is 2.05. The molecule has 1 atom stereocenters. The van der Waals surface area contributed by atoms with Crippen molar-refractivity contribution >= 4 is 34.3 Å². The van der Waals surface area contributed by atoms with E-state index in [-0.39, 0.29) is 18.6 Å². The SMILES string of the molecule is CC(CCO)CNC(=O)Nc1ccc(I)cc1. The molecular formula is C12H17IN2O2. The average Bonchev–Trinajstić information content (AvgIpc) is 2.30. The van der Waals surface area contributed by atoms with Crippen LogP contribution in [0.15, 0.2) is 24.3 Å². The van der Waals surface area contributed by atoms with E-state index in [2.05, 4.69) is 33.2 Å². The largest absolute Gasteiger partial charge is 0.396 e. The number of aliphatic hydroxyl groups excluding tert-OH is 1. The number of hydrogen-bond donors (Lipinski definition) is 3. The Balaban J connectivity index is 2.32. The van der Waals surface area contributed by atoms with Crippen LogP contribution in [-0.2, 0) is 0 Å². The summed E-state index contributed by atoms with van der Waals surface area (Å²) < 4.78 is 1.13. The Hall–Kier alpha value is -0.820. The second-order valence-corrected chi connectivity index (χ2v) is 5.21. The molecule has 1 aromatic carbocycles. The van der Waals surface area contributed by atoms with Gasteiger partial charge in [0.15, 0.2) is 0 Å². The fourth-order valence-corrected chi connectivity index (χ4v) is 1.66. The van der Waals surface area contributed by atoms with Crippen molar-refractivity contribution < 1.29 is 9.90 Å². The van der Waals surface area contributed by atoms with Crippen LogP contribution in [0.25, 0.3) is 0 Å². The highest BCUT2D eigenvalue weighted by Crippen LogP contribution is 2.10. The normalized spacial score (nSPS) is 11.9. The number of benzene rings is 1. The number of nitrogens with one attached hydrogen (secondary N) is 2. The molecule has 1 unspecified atom stereocenters. The molecule has 0 spiro atoms. The van der Waals surface area contributed by atoms with Crippen LogP contribution in [0.5, 0.6) is 0 Å². The lowest BCUT2D eigenvalue weighted by molar-refractivity contribution is 0.243. The van der Waals surface area contributed by atoms with Crippen LogP contribution in [0.4, 0.5) is 10.5 Å². The van der Waals surface area contributed by atoms with Crippen molar-refractivity contribution in [3.8, 4) is 0 Å². The standard InChI is InChI=1S/C12H17IN2O2/c1-9(6-7-16)8-14-12(17)15-11-4-2-10(13)3-5-11/h2-5,9,16H,6-8H2,1H3,(H2,14,15,17). The van der Waals surface area contributed by atoms with Crippen LogP contribution in [0.2, 0.25) is 0 Å². The molecule has 0 aliphatic carbocycles. The third kappa shape index (κ3) is 5.88. The first-order chi connectivity index (χ1) is 8.11. The first-order valence-electron chi connectivity index (χ1n) is 5.53. The molecule has 0 saturated carbocycles. The number of urea groups is 1. The van der Waals surface area contributed by atoms with Crippen molar-refractivity contribution in [1.82, 2.24) is 5.32 Å². The summed E-state index contributed by atoms with van der Waals surface area (Å²) in [4.78, 5) is 11.5. The van der Waals surface area contributed by atoms with E-state index in [0.29, 0.717) is 13.0 Å². The van der Waals surface area contributed by atoms with E-state index in [0.717, 1.165) is 9.26 Å². The van der Waals surface area contributed by atoms with Crippen LogP contribution < -0.4 is 10.6 Å². The van der Waals surface area contributed by atoms with Crippen molar-refractivity contribution in [2.45, 2.75) is 13.3 Å². The molecule has 2 amide bonds. The molecule has 0 aliphatic rings. The zero-order chi connectivity index (χ0) is 12.7. The first-order valence-corrected chi connectivity index (χ1v) is 6.61. The number of aliphatic hydroxyl groups is 1. The van der Waals surface area contributed by atoms with Gasteiger partial charge in [-0.25, -0.2) is 4.79 Å². The maximum Gasteiger partial charge on any atom is 0.319 e. The quantitative estimate of drug-likeness (QED) is 0.716. The molecule has 0 heterocycles. The van der Waals surface area contributed by atoms with Crippen molar-refractivity contribution in [1.29, 1.82) is 0 Å². The summed E-state index contributed by atoms with van der Waals surface area (Å²) in [6, 6.07) is 7.38. The summed E-state index contributed by atoms with van der Waals surface area (Å²) in [5.41, 5.74) is 0.776. The van der Waals surface area contributed by atoms with Crippen LogP contribution >= 0.6 is 22.6 Å². The molecule has 5 heteroatoms. The van der Waals surface area contributed by atoms with Crippen LogP contribution in [0.3, 0.4) is 0 Å². The number of carbonyl (C=O) groups is 1. The Kier molecular flexibility index (Phi) is 6.28. The van der Waals surface area contributed by atoms with E-state index in [4.69, 9.17) is 5.11 Å². The average molecular weight is 348 g/mol. The Bertz CT molecular complexity index is 354. The summed E-state index contributed by atoms with van der Waals surface area (Å²) in [5, 5.41) is 14.3. The van der Waals surface area contributed by atoms with Gasteiger partial charge in [-0.3, -0.25) is 0 Å². The predicted molar refractivity (Wildman–Crippen MR) is 77.0 cm³/mol. The van der Waals surface area contributed by atoms with Gasteiger partial charge >= 0.3 is 6.03 Å². The number of amides is 2. The van der Waals surface area contributed by atoms with Gasteiger partial charge in [0.2, 0.25) is 0 Å². The molecule has 3 N–H and O–H groups in total. The monoisotopic (exact) mass is 348 g/mol. The molecule has 94 valence electrons. The zero-order valence-electron chi connectivity index (χ0n) is 9.74. The third-order valence-electron chi connectivity index (χ3n) is 2.34. The van der Waals surface area contributed by atoms with Crippen LogP contribution in [0, 0.1) is 9.49 Å². The molecule has 1 rings (SSSR count). The van der Waals surface area contributed by atoms with E-state index in [9.17, 15) is 4.79 Å². The zero-order valence-corrected chi connectivity index (χ0v) is 11.9. The Morgan fingerprint density at radius 2 is 2.06 bits per heavy atom. The minimum Gasteiger partial charge on any atom is -0.396 e. The minimum atomic E-state index is -0.212. The van der Waals surface area contributed by atoms with Crippen molar-refractivity contribution in [3.05, 3.63) is 27.8 Å². The lowest BCUT2D eigenvalue weighted by Gasteiger charge is -2.12. The Labute approximate surface area is 115 Å². The van der Waals surface area contributed by atoms with Gasteiger partial charge in [-0.1, -0.05) is 6.92 Å². The summed E-state index contributed by atoms with van der Waals surface area (Å²) in [7, 11) is 0. The second-order valence-electron chi connectivity index (χ2n) is 3.96. The lowest BCUT2D eigenvalue weighted by atomic mass is 10.1. The summed E-state index contributed by atoms with van der Waals surface area (Å²) in [6.07, 6.45) is 0.698. The van der Waals surface area contributed by atoms with Crippen LogP contribution in [0.1, 0.15) is 13.3 Å². The maximum absolute atomic E-state index is 11.5. The molecule has 0 saturated heterocycles. The van der Waals surface area contributed by atoms with Crippen molar-refractivity contribution in [2.24, 2.45) is 5.92 Å². The fraction of sp³-hybridized carbons (Fsp3) is 0.417. The minimum absolute atomic E-state index is 0.154. The summed E-state index contributed by atoms with van der Waals surface area (Å²) in [6.45, 7) is 2.71. The topological polar surface area (TPSA) is 61.4 Å². The highest BCUT2D eigenvalue weighted by molar-refractivity contribution is 14.1. The predicted octanol–water partition coefficient (Wildman–Crippen LogP) is 2.43. The third-order valence-corrected chi connectivity index (χ3v) is 3.05. The Morgan fingerprint density at radius 3 is 2.65 bits per heavy atom. The van der Waals surface area contributed by atoms with E-state index in [1.807, 2.05) is 31.2 Å². The summed E-state index contributed by atoms with van der Waals surface area (Å²) in [5.74, 6) is 0.280. The van der Waals surface area contributed by atoms with E-state index < -0.39 is 0 Å². The molecule has 1 aromatic rings. The lowest BCUT2D eigenvalue weighted by Crippen LogP contribution is -2.32. The fourth-order valence-electron chi connectivity index (χ4n) is 1.30. The molecule has 4 nitrogen and oxygen atoms in total. The second kappa shape index (κ2) is 7.50. The van der Waals surface area contributed by atoms with Gasteiger partial charge in [-0.2, -0.15) is 0 Å². The smallest absolute Gasteiger partial charge is 0.319 e. The van der Waals surface area contributed by atoms with Crippen molar-refractivity contribution in [2.75, 3.05) is 18.5 Å². The molecule has 0 aromatic heterocycles. The van der Waals surface area contributed by atoms with E-state index in [1.165, 1.54) is 0 Å². The summed E-state index contributed by atoms with van der Waals surface area (Å²) >= 11 is 2.21. The van der Waals surface area contributed by atoms with Gasteiger partial charge in [0.05, 0.1) is 0 Å². The van der Waals surface area contributed by atoms with Gasteiger partial charge < -0.3 is 15.7 Å². The van der Waals surface area contributed by atoms with Gasteiger partial charge in [-0.15, -0.1) is 0 Å². The number of hydrogen-bond acceptors (Lipinski definition) is 2. The van der Waals surface area contributed by atoms with E-state index in [1.54, 1.807) is 0 Å². The van der Waals surface area contributed by atoms with Gasteiger partial charge in [-0.05, 0) is 59.2 Å². The molecule has 17 heavy (non-hydrogen) atoms. The van der Waals surface area contributed by atoms with Crippen molar-refractivity contribution in [3.63, 3.8) is 0 Å². The molecule has 0 fully saturated rings. The van der Waals surface area contributed by atoms with Gasteiger partial charge in [0, 0.05) is 22.4 Å². The molecule has 0 aliphatic heterocycles. The molecule has 0 bridgehead atoms. The number of rotatable bonds is 5.